The molecule has 3 aromatic carbocycles. The zero-order valence-electron chi connectivity index (χ0n) is 16.9. The second kappa shape index (κ2) is 9.14. The van der Waals surface area contributed by atoms with Crippen LogP contribution in [-0.4, -0.2) is 12.7 Å². The van der Waals surface area contributed by atoms with Gasteiger partial charge in [0.05, 0.1) is 0 Å². The first-order chi connectivity index (χ1) is 15.0. The molecule has 31 heavy (non-hydrogen) atoms. The van der Waals surface area contributed by atoms with Crippen LogP contribution in [0.5, 0.6) is 11.5 Å². The molecule has 0 aromatic heterocycles. The number of carbonyl (C=O) groups excluding carboxylic acids is 1. The molecule has 2 atom stereocenters. The average Bonchev–Trinajstić information content (AvgIpc) is 3.24. The van der Waals surface area contributed by atoms with E-state index >= 15 is 0 Å². The lowest BCUT2D eigenvalue weighted by Crippen LogP contribution is -2.38. The molecule has 2 N–H and O–H groups in total. The Morgan fingerprint density at radius 2 is 1.77 bits per heavy atom. The minimum absolute atomic E-state index is 0.184. The molecule has 0 spiro atoms. The molecule has 4 rings (SSSR count). The summed E-state index contributed by atoms with van der Waals surface area (Å²) in [6.07, 6.45) is 0. The Labute approximate surface area is 179 Å². The molecule has 1 amide bonds. The number of benzene rings is 3. The highest BCUT2D eigenvalue weighted by molar-refractivity contribution is 5.83. The summed E-state index contributed by atoms with van der Waals surface area (Å²) in [5, 5.41) is 6.09. The summed E-state index contributed by atoms with van der Waals surface area (Å²) < 4.78 is 38.2. The molecular formula is C24H22F2N2O3. The fourth-order valence-corrected chi connectivity index (χ4v) is 3.50. The van der Waals surface area contributed by atoms with Crippen LogP contribution in [0.1, 0.15) is 35.7 Å². The van der Waals surface area contributed by atoms with Crippen molar-refractivity contribution in [2.24, 2.45) is 0 Å². The smallest absolute Gasteiger partial charge is 0.242 e. The molecule has 7 heteroatoms. The minimum Gasteiger partial charge on any atom is -0.454 e. The molecule has 1 heterocycles. The first-order valence-corrected chi connectivity index (χ1v) is 9.93. The Kier molecular flexibility index (Phi) is 6.13. The lowest BCUT2D eigenvalue weighted by atomic mass is 10.0. The highest BCUT2D eigenvalue weighted by Crippen LogP contribution is 2.32. The van der Waals surface area contributed by atoms with Crippen molar-refractivity contribution in [1.82, 2.24) is 10.6 Å². The quantitative estimate of drug-likeness (QED) is 0.590. The van der Waals surface area contributed by atoms with E-state index in [1.807, 2.05) is 42.5 Å². The normalized spacial score (nSPS) is 14.2. The van der Waals surface area contributed by atoms with Crippen molar-refractivity contribution in [3.8, 4) is 11.5 Å². The molecule has 1 aliphatic heterocycles. The minimum atomic E-state index is -0.727. The van der Waals surface area contributed by atoms with Gasteiger partial charge in [0.15, 0.2) is 11.5 Å². The van der Waals surface area contributed by atoms with E-state index in [9.17, 15) is 13.6 Å². The van der Waals surface area contributed by atoms with E-state index in [0.29, 0.717) is 18.0 Å². The molecule has 0 radical (unpaired) electrons. The Morgan fingerprint density at radius 3 is 2.55 bits per heavy atom. The highest BCUT2D eigenvalue weighted by atomic mass is 19.1. The maximum Gasteiger partial charge on any atom is 0.242 e. The van der Waals surface area contributed by atoms with E-state index in [0.717, 1.165) is 17.2 Å². The average molecular weight is 424 g/mol. The molecule has 1 aliphatic rings. The summed E-state index contributed by atoms with van der Waals surface area (Å²) >= 11 is 0. The molecule has 0 fully saturated rings. The Morgan fingerprint density at radius 1 is 1.00 bits per heavy atom. The Balaban J connectivity index is 1.50. The van der Waals surface area contributed by atoms with Crippen molar-refractivity contribution in [3.05, 3.63) is 95.1 Å². The van der Waals surface area contributed by atoms with Gasteiger partial charge in [-0.25, -0.2) is 8.78 Å². The molecule has 0 aliphatic carbocycles. The zero-order valence-corrected chi connectivity index (χ0v) is 16.9. The molecule has 0 saturated carbocycles. The summed E-state index contributed by atoms with van der Waals surface area (Å²) in [4.78, 5) is 13.1. The number of hydrogen-bond acceptors (Lipinski definition) is 4. The third-order valence-electron chi connectivity index (χ3n) is 5.14. The fraction of sp³-hybridized carbons (Fsp3) is 0.208. The van der Waals surface area contributed by atoms with Gasteiger partial charge in [-0.2, -0.15) is 0 Å². The number of fused-ring (bicyclic) bond motifs is 1. The third-order valence-corrected chi connectivity index (χ3v) is 5.14. The van der Waals surface area contributed by atoms with Crippen molar-refractivity contribution in [1.29, 1.82) is 0 Å². The van der Waals surface area contributed by atoms with Crippen molar-refractivity contribution in [3.63, 3.8) is 0 Å². The van der Waals surface area contributed by atoms with Crippen LogP contribution in [0.3, 0.4) is 0 Å². The van der Waals surface area contributed by atoms with Gasteiger partial charge in [-0.05, 0) is 36.2 Å². The predicted molar refractivity (Wildman–Crippen MR) is 112 cm³/mol. The van der Waals surface area contributed by atoms with Crippen molar-refractivity contribution in [2.75, 3.05) is 6.79 Å². The first-order valence-electron chi connectivity index (χ1n) is 9.93. The molecule has 0 saturated heterocycles. The van der Waals surface area contributed by atoms with Crippen LogP contribution in [0.4, 0.5) is 8.78 Å². The second-order valence-electron chi connectivity index (χ2n) is 7.30. The van der Waals surface area contributed by atoms with E-state index in [2.05, 4.69) is 10.6 Å². The SMILES string of the molecule is CC(NC(C(=O)NCc1ccc2c(c1)OCO2)c1ccccc1)c1ccc(F)cc1F. The Bertz CT molecular complexity index is 1080. The lowest BCUT2D eigenvalue weighted by molar-refractivity contribution is -0.123. The summed E-state index contributed by atoms with van der Waals surface area (Å²) in [7, 11) is 0. The second-order valence-corrected chi connectivity index (χ2v) is 7.30. The summed E-state index contributed by atoms with van der Waals surface area (Å²) in [6.45, 7) is 2.21. The topological polar surface area (TPSA) is 59.6 Å². The van der Waals surface area contributed by atoms with Gasteiger partial charge in [0, 0.05) is 24.2 Å². The summed E-state index contributed by atoms with van der Waals surface area (Å²) in [5.74, 6) is -0.251. The molecule has 0 bridgehead atoms. The van der Waals surface area contributed by atoms with Crippen molar-refractivity contribution >= 4 is 5.91 Å². The standard InChI is InChI=1S/C24H22F2N2O3/c1-15(19-9-8-18(25)12-20(19)26)28-23(17-5-3-2-4-6-17)24(29)27-13-16-7-10-21-22(11-16)31-14-30-21/h2-12,15,23,28H,13-14H2,1H3,(H,27,29). The van der Waals surface area contributed by atoms with Gasteiger partial charge in [0.25, 0.3) is 0 Å². The number of carbonyl (C=O) groups is 1. The first kappa shape index (κ1) is 20.8. The van der Waals surface area contributed by atoms with Crippen LogP contribution in [0.25, 0.3) is 0 Å². The van der Waals surface area contributed by atoms with Gasteiger partial charge in [-0.15, -0.1) is 0 Å². The Hall–Kier alpha value is -3.45. The van der Waals surface area contributed by atoms with E-state index in [1.165, 1.54) is 12.1 Å². The maximum absolute atomic E-state index is 14.2. The monoisotopic (exact) mass is 424 g/mol. The molecule has 5 nitrogen and oxygen atoms in total. The number of ether oxygens (including phenoxy) is 2. The highest BCUT2D eigenvalue weighted by Gasteiger charge is 2.24. The van der Waals surface area contributed by atoms with Crippen LogP contribution < -0.4 is 20.1 Å². The van der Waals surface area contributed by atoms with Crippen LogP contribution >= 0.6 is 0 Å². The zero-order chi connectivity index (χ0) is 21.8. The van der Waals surface area contributed by atoms with Gasteiger partial charge in [-0.1, -0.05) is 42.5 Å². The lowest BCUT2D eigenvalue weighted by Gasteiger charge is -2.24. The van der Waals surface area contributed by atoms with Gasteiger partial charge in [0.2, 0.25) is 12.7 Å². The molecule has 3 aromatic rings. The van der Waals surface area contributed by atoms with E-state index in [4.69, 9.17) is 9.47 Å². The largest absolute Gasteiger partial charge is 0.454 e. The van der Waals surface area contributed by atoms with Gasteiger partial charge < -0.3 is 14.8 Å². The number of amides is 1. The van der Waals surface area contributed by atoms with Crippen LogP contribution in [0.2, 0.25) is 0 Å². The third kappa shape index (κ3) is 4.83. The van der Waals surface area contributed by atoms with E-state index < -0.39 is 23.7 Å². The molecular weight excluding hydrogens is 402 g/mol. The molecule has 2 unspecified atom stereocenters. The van der Waals surface area contributed by atoms with E-state index in [1.54, 1.807) is 13.0 Å². The molecule has 160 valence electrons. The van der Waals surface area contributed by atoms with Gasteiger partial charge in [-0.3, -0.25) is 10.1 Å². The summed E-state index contributed by atoms with van der Waals surface area (Å²) in [5.41, 5.74) is 1.88. The van der Waals surface area contributed by atoms with Gasteiger partial charge in [0.1, 0.15) is 17.7 Å². The number of nitrogens with one attached hydrogen (secondary N) is 2. The van der Waals surface area contributed by atoms with Crippen molar-refractivity contribution < 1.29 is 23.0 Å². The van der Waals surface area contributed by atoms with E-state index in [-0.39, 0.29) is 18.3 Å². The van der Waals surface area contributed by atoms with Crippen LogP contribution in [0.15, 0.2) is 66.7 Å². The summed E-state index contributed by atoms with van der Waals surface area (Å²) in [6, 6.07) is 16.8. The number of hydrogen-bond donors (Lipinski definition) is 2. The van der Waals surface area contributed by atoms with Crippen LogP contribution in [0, 0.1) is 11.6 Å². The fourth-order valence-electron chi connectivity index (χ4n) is 3.50. The predicted octanol–water partition coefficient (Wildman–Crippen LogP) is 4.40. The number of halogens is 2. The maximum atomic E-state index is 14.2. The van der Waals surface area contributed by atoms with Gasteiger partial charge >= 0.3 is 0 Å². The number of rotatable bonds is 7. The van der Waals surface area contributed by atoms with Crippen LogP contribution in [-0.2, 0) is 11.3 Å². The van der Waals surface area contributed by atoms with Crippen molar-refractivity contribution in [2.45, 2.75) is 25.6 Å².